The zero-order chi connectivity index (χ0) is 14.8. The molecule has 1 aromatic heterocycles. The third-order valence-corrected chi connectivity index (χ3v) is 6.24. The summed E-state index contributed by atoms with van der Waals surface area (Å²) in [6.07, 6.45) is 0.478. The van der Waals surface area contributed by atoms with Gasteiger partial charge in [0.1, 0.15) is 0 Å². The van der Waals surface area contributed by atoms with Crippen LogP contribution in [-0.2, 0) is 11.3 Å². The van der Waals surface area contributed by atoms with Crippen molar-refractivity contribution in [2.24, 2.45) is 11.8 Å². The molecule has 0 radical (unpaired) electrons. The van der Waals surface area contributed by atoms with Gasteiger partial charge in [-0.1, -0.05) is 13.8 Å². The molecule has 0 unspecified atom stereocenters. The molecule has 3 rings (SSSR count). The number of ether oxygens (including phenoxy) is 1. The van der Waals surface area contributed by atoms with Crippen LogP contribution in [0, 0.1) is 18.8 Å². The Labute approximate surface area is 132 Å². The fraction of sp³-hybridized carbons (Fsp3) is 0.765. The molecule has 2 aliphatic rings. The monoisotopic (exact) mass is 308 g/mol. The van der Waals surface area contributed by atoms with Gasteiger partial charge in [0, 0.05) is 42.9 Å². The van der Waals surface area contributed by atoms with Gasteiger partial charge in [-0.25, -0.2) is 0 Å². The van der Waals surface area contributed by atoms with Crippen LogP contribution < -0.4 is 0 Å². The van der Waals surface area contributed by atoms with E-state index in [-0.39, 0.29) is 0 Å². The number of likely N-dealkylation sites (tertiary alicyclic amines) is 1. The molecule has 0 saturated carbocycles. The van der Waals surface area contributed by atoms with Crippen molar-refractivity contribution in [3.8, 4) is 0 Å². The summed E-state index contributed by atoms with van der Waals surface area (Å²) in [5.41, 5.74) is 1.44. The molecule has 118 valence electrons. The fourth-order valence-electron chi connectivity index (χ4n) is 3.78. The third kappa shape index (κ3) is 3.34. The summed E-state index contributed by atoms with van der Waals surface area (Å²) in [6, 6.07) is 2.23. The minimum atomic E-state index is 0.478. The Balaban J connectivity index is 1.57. The van der Waals surface area contributed by atoms with Gasteiger partial charge >= 0.3 is 0 Å². The molecule has 4 heteroatoms. The standard InChI is InChI=1S/C17H28N2OS/c1-4-18(5-2)8-14-12-20-16-10-19(9-15(14)16)11-17-13(3)6-7-21-17/h6-7,14-16H,4-5,8-12H2,1-3H3/t14-,15+,16+/m1/s1. The van der Waals surface area contributed by atoms with Crippen molar-refractivity contribution in [2.45, 2.75) is 33.4 Å². The molecule has 0 spiro atoms. The molecule has 3 heterocycles. The first-order valence-electron chi connectivity index (χ1n) is 8.30. The predicted molar refractivity (Wildman–Crippen MR) is 88.8 cm³/mol. The summed E-state index contributed by atoms with van der Waals surface area (Å²) in [5.74, 6) is 1.47. The number of rotatable bonds is 6. The minimum absolute atomic E-state index is 0.478. The number of hydrogen-bond acceptors (Lipinski definition) is 4. The Kier molecular flexibility index (Phi) is 4.99. The van der Waals surface area contributed by atoms with Gasteiger partial charge in [-0.2, -0.15) is 0 Å². The Morgan fingerprint density at radius 1 is 1.33 bits per heavy atom. The summed E-state index contributed by atoms with van der Waals surface area (Å²) in [5, 5.41) is 2.21. The van der Waals surface area contributed by atoms with Gasteiger partial charge in [0.15, 0.2) is 0 Å². The van der Waals surface area contributed by atoms with Crippen LogP contribution in [0.4, 0.5) is 0 Å². The molecule has 3 atom stereocenters. The molecule has 0 amide bonds. The van der Waals surface area contributed by atoms with Crippen molar-refractivity contribution in [2.75, 3.05) is 39.3 Å². The zero-order valence-corrected chi connectivity index (χ0v) is 14.4. The van der Waals surface area contributed by atoms with Crippen LogP contribution in [0.3, 0.4) is 0 Å². The van der Waals surface area contributed by atoms with Crippen molar-refractivity contribution < 1.29 is 4.74 Å². The largest absolute Gasteiger partial charge is 0.376 e. The van der Waals surface area contributed by atoms with Gasteiger partial charge in [0.25, 0.3) is 0 Å². The Morgan fingerprint density at radius 2 is 2.14 bits per heavy atom. The first-order valence-corrected chi connectivity index (χ1v) is 9.18. The Bertz CT molecular complexity index is 457. The van der Waals surface area contributed by atoms with Gasteiger partial charge in [0.05, 0.1) is 12.7 Å². The molecular weight excluding hydrogens is 280 g/mol. The van der Waals surface area contributed by atoms with Crippen LogP contribution in [0.15, 0.2) is 11.4 Å². The van der Waals surface area contributed by atoms with E-state index in [1.54, 1.807) is 0 Å². The minimum Gasteiger partial charge on any atom is -0.376 e. The van der Waals surface area contributed by atoms with Crippen LogP contribution in [-0.4, -0.2) is 55.2 Å². The van der Waals surface area contributed by atoms with Gasteiger partial charge in [-0.3, -0.25) is 4.90 Å². The lowest BCUT2D eigenvalue weighted by molar-refractivity contribution is 0.0910. The second-order valence-corrected chi connectivity index (χ2v) is 7.50. The molecule has 0 aromatic carbocycles. The molecule has 21 heavy (non-hydrogen) atoms. The topological polar surface area (TPSA) is 15.7 Å². The van der Waals surface area contributed by atoms with Gasteiger partial charge < -0.3 is 9.64 Å². The van der Waals surface area contributed by atoms with Gasteiger partial charge in [-0.15, -0.1) is 11.3 Å². The number of fused-ring (bicyclic) bond motifs is 1. The quantitative estimate of drug-likeness (QED) is 0.804. The van der Waals surface area contributed by atoms with Crippen molar-refractivity contribution in [1.29, 1.82) is 0 Å². The van der Waals surface area contributed by atoms with E-state index in [1.807, 2.05) is 11.3 Å². The summed E-state index contributed by atoms with van der Waals surface area (Å²) < 4.78 is 6.09. The molecule has 0 N–H and O–H groups in total. The molecule has 2 aliphatic heterocycles. The van der Waals surface area contributed by atoms with E-state index in [2.05, 4.69) is 42.0 Å². The maximum atomic E-state index is 6.09. The fourth-order valence-corrected chi connectivity index (χ4v) is 4.73. The molecule has 0 bridgehead atoms. The van der Waals surface area contributed by atoms with Gasteiger partial charge in [-0.05, 0) is 37.0 Å². The lowest BCUT2D eigenvalue weighted by atomic mass is 9.92. The number of aryl methyl sites for hydroxylation is 1. The normalized spacial score (nSPS) is 29.4. The highest BCUT2D eigenvalue weighted by molar-refractivity contribution is 7.10. The zero-order valence-electron chi connectivity index (χ0n) is 13.5. The molecule has 2 fully saturated rings. The van der Waals surface area contributed by atoms with Crippen LogP contribution >= 0.6 is 11.3 Å². The maximum absolute atomic E-state index is 6.09. The number of thiophene rings is 1. The van der Waals surface area contributed by atoms with E-state index in [0.29, 0.717) is 6.10 Å². The SMILES string of the molecule is CCN(CC)C[C@@H]1CO[C@H]2CN(Cc3sccc3C)C[C@@H]12. The average Bonchev–Trinajstić information content (AvgIpc) is 3.15. The van der Waals surface area contributed by atoms with E-state index >= 15 is 0 Å². The lowest BCUT2D eigenvalue weighted by Crippen LogP contribution is -2.34. The van der Waals surface area contributed by atoms with Crippen LogP contribution in [0.25, 0.3) is 0 Å². The highest BCUT2D eigenvalue weighted by atomic mass is 32.1. The summed E-state index contributed by atoms with van der Waals surface area (Å²) in [6.45, 7) is 14.7. The summed E-state index contributed by atoms with van der Waals surface area (Å²) in [4.78, 5) is 6.67. The van der Waals surface area contributed by atoms with Crippen LogP contribution in [0.1, 0.15) is 24.3 Å². The molecule has 1 aromatic rings. The predicted octanol–water partition coefficient (Wildman–Crippen LogP) is 2.85. The molecular formula is C17H28N2OS. The van der Waals surface area contributed by atoms with Crippen molar-refractivity contribution in [3.05, 3.63) is 21.9 Å². The van der Waals surface area contributed by atoms with Gasteiger partial charge in [0.2, 0.25) is 0 Å². The van der Waals surface area contributed by atoms with E-state index in [1.165, 1.54) is 23.5 Å². The first-order chi connectivity index (χ1) is 10.2. The average molecular weight is 308 g/mol. The number of nitrogens with zero attached hydrogens (tertiary/aromatic N) is 2. The first kappa shape index (κ1) is 15.5. The smallest absolute Gasteiger partial charge is 0.0746 e. The highest BCUT2D eigenvalue weighted by Gasteiger charge is 2.43. The Hall–Kier alpha value is -0.420. The summed E-state index contributed by atoms with van der Waals surface area (Å²) in [7, 11) is 0. The molecule has 2 saturated heterocycles. The maximum Gasteiger partial charge on any atom is 0.0746 e. The Morgan fingerprint density at radius 3 is 2.81 bits per heavy atom. The molecule has 0 aliphatic carbocycles. The second kappa shape index (κ2) is 6.78. The second-order valence-electron chi connectivity index (χ2n) is 6.50. The highest BCUT2D eigenvalue weighted by Crippen LogP contribution is 2.35. The van der Waals surface area contributed by atoms with Crippen LogP contribution in [0.5, 0.6) is 0 Å². The molecule has 3 nitrogen and oxygen atoms in total. The summed E-state index contributed by atoms with van der Waals surface area (Å²) >= 11 is 1.89. The number of hydrogen-bond donors (Lipinski definition) is 0. The van der Waals surface area contributed by atoms with E-state index in [0.717, 1.165) is 44.6 Å². The van der Waals surface area contributed by atoms with E-state index in [4.69, 9.17) is 4.74 Å². The van der Waals surface area contributed by atoms with Crippen molar-refractivity contribution in [3.63, 3.8) is 0 Å². The van der Waals surface area contributed by atoms with Crippen molar-refractivity contribution >= 4 is 11.3 Å². The third-order valence-electron chi connectivity index (χ3n) is 5.24. The van der Waals surface area contributed by atoms with Crippen molar-refractivity contribution in [1.82, 2.24) is 9.80 Å². The van der Waals surface area contributed by atoms with E-state index in [9.17, 15) is 0 Å². The lowest BCUT2D eigenvalue weighted by Gasteiger charge is -2.25. The van der Waals surface area contributed by atoms with E-state index < -0.39 is 0 Å². The van der Waals surface area contributed by atoms with Crippen LogP contribution in [0.2, 0.25) is 0 Å².